The third-order valence-corrected chi connectivity index (χ3v) is 2.08. The fraction of sp³-hybridized carbons (Fsp3) is 0.818. The van der Waals surface area contributed by atoms with Crippen LogP contribution in [0.3, 0.4) is 0 Å². The summed E-state index contributed by atoms with van der Waals surface area (Å²) in [7, 11) is 0. The van der Waals surface area contributed by atoms with E-state index in [9.17, 15) is 9.59 Å². The van der Waals surface area contributed by atoms with Crippen molar-refractivity contribution in [3.8, 4) is 0 Å². The molecule has 0 unspecified atom stereocenters. The van der Waals surface area contributed by atoms with Crippen LogP contribution < -0.4 is 0 Å². The molecule has 0 aromatic carbocycles. The molecule has 0 heterocycles. The molecule has 0 atom stereocenters. The normalized spacial score (nSPS) is 11.2. The van der Waals surface area contributed by atoms with Gasteiger partial charge in [0.1, 0.15) is 0 Å². The van der Waals surface area contributed by atoms with Gasteiger partial charge in [-0.1, -0.05) is 19.3 Å². The molecule has 0 aromatic heterocycles. The Balaban J connectivity index is 3.34. The molecule has 17 heavy (non-hydrogen) atoms. The Bertz CT molecular complexity index is 243. The van der Waals surface area contributed by atoms with E-state index < -0.39 is 17.9 Å². The van der Waals surface area contributed by atoms with Gasteiger partial charge in [-0.15, -0.1) is 0 Å². The van der Waals surface area contributed by atoms with Crippen LogP contribution in [0.1, 0.15) is 51.9 Å². The molecule has 6 heteroatoms. The average molecular weight is 248 g/mol. The molecule has 0 bridgehead atoms. The molecule has 0 amide bonds. The standard InChI is InChI=1S/C11H20O6/c1-11(15,16)17-10(14)8-6-4-2-3-5-7-9(12)13/h15-16H,2-8H2,1H3,(H,12,13). The Morgan fingerprint density at radius 3 is 1.94 bits per heavy atom. The molecular weight excluding hydrogens is 228 g/mol. The van der Waals surface area contributed by atoms with Crippen LogP contribution in [-0.4, -0.2) is 33.2 Å². The number of carboxylic acids is 1. The maximum absolute atomic E-state index is 11.0. The SMILES string of the molecule is CC(O)(O)OC(=O)CCCCCCCC(=O)O. The largest absolute Gasteiger partial charge is 0.481 e. The van der Waals surface area contributed by atoms with Crippen LogP contribution in [0.15, 0.2) is 0 Å². The van der Waals surface area contributed by atoms with Gasteiger partial charge in [-0.2, -0.15) is 0 Å². The fourth-order valence-electron chi connectivity index (χ4n) is 1.34. The lowest BCUT2D eigenvalue weighted by atomic mass is 10.1. The predicted molar refractivity (Wildman–Crippen MR) is 58.9 cm³/mol. The number of rotatable bonds is 9. The predicted octanol–water partition coefficient (Wildman–Crippen LogP) is 1.00. The lowest BCUT2D eigenvalue weighted by Crippen LogP contribution is -2.30. The monoisotopic (exact) mass is 248 g/mol. The minimum atomic E-state index is -2.40. The van der Waals surface area contributed by atoms with E-state index in [2.05, 4.69) is 4.74 Å². The molecule has 100 valence electrons. The van der Waals surface area contributed by atoms with Gasteiger partial charge in [-0.25, -0.2) is 0 Å². The molecule has 3 N–H and O–H groups in total. The van der Waals surface area contributed by atoms with Gasteiger partial charge in [0.2, 0.25) is 0 Å². The van der Waals surface area contributed by atoms with Crippen molar-refractivity contribution in [1.82, 2.24) is 0 Å². The van der Waals surface area contributed by atoms with Crippen LogP contribution in [0, 0.1) is 0 Å². The Morgan fingerprint density at radius 1 is 1.00 bits per heavy atom. The summed E-state index contributed by atoms with van der Waals surface area (Å²) in [5.74, 6) is -3.85. The molecule has 0 radical (unpaired) electrons. The number of aliphatic carboxylic acids is 1. The quantitative estimate of drug-likeness (QED) is 0.319. The number of carbonyl (C=O) groups excluding carboxylic acids is 1. The Morgan fingerprint density at radius 2 is 1.47 bits per heavy atom. The highest BCUT2D eigenvalue weighted by molar-refractivity contribution is 5.69. The van der Waals surface area contributed by atoms with Gasteiger partial charge in [0.25, 0.3) is 0 Å². The smallest absolute Gasteiger partial charge is 0.321 e. The molecule has 0 aliphatic rings. The summed E-state index contributed by atoms with van der Waals surface area (Å²) in [5, 5.41) is 25.9. The fourth-order valence-corrected chi connectivity index (χ4v) is 1.34. The molecule has 6 nitrogen and oxygen atoms in total. The highest BCUT2D eigenvalue weighted by Crippen LogP contribution is 2.09. The molecule has 0 saturated carbocycles. The van der Waals surface area contributed by atoms with E-state index in [1.807, 2.05) is 0 Å². The molecule has 0 aromatic rings. The Kier molecular flexibility index (Phi) is 7.49. The zero-order chi connectivity index (χ0) is 13.3. The number of carbonyl (C=O) groups is 2. The third kappa shape index (κ3) is 12.8. The summed E-state index contributed by atoms with van der Waals surface area (Å²) < 4.78 is 4.29. The summed E-state index contributed by atoms with van der Waals surface area (Å²) in [4.78, 5) is 21.2. The van der Waals surface area contributed by atoms with Crippen molar-refractivity contribution in [3.05, 3.63) is 0 Å². The first kappa shape index (κ1) is 15.9. The van der Waals surface area contributed by atoms with E-state index in [0.717, 1.165) is 26.2 Å². The van der Waals surface area contributed by atoms with E-state index >= 15 is 0 Å². The Hall–Kier alpha value is -1.14. The average Bonchev–Trinajstić information content (AvgIpc) is 2.12. The molecule has 0 spiro atoms. The second-order valence-electron chi connectivity index (χ2n) is 4.07. The van der Waals surface area contributed by atoms with Crippen LogP contribution >= 0.6 is 0 Å². The van der Waals surface area contributed by atoms with E-state index in [-0.39, 0.29) is 12.8 Å². The minimum Gasteiger partial charge on any atom is -0.481 e. The van der Waals surface area contributed by atoms with Crippen molar-refractivity contribution in [2.75, 3.05) is 0 Å². The summed E-state index contributed by atoms with van der Waals surface area (Å²) >= 11 is 0. The first-order chi connectivity index (χ1) is 7.81. The number of hydrogen-bond acceptors (Lipinski definition) is 5. The van der Waals surface area contributed by atoms with Crippen LogP contribution in [0.5, 0.6) is 0 Å². The van der Waals surface area contributed by atoms with E-state index in [1.54, 1.807) is 0 Å². The molecule has 0 aliphatic carbocycles. The van der Waals surface area contributed by atoms with Gasteiger partial charge in [-0.05, 0) is 12.8 Å². The van der Waals surface area contributed by atoms with E-state index in [4.69, 9.17) is 15.3 Å². The molecule has 0 aliphatic heterocycles. The topological polar surface area (TPSA) is 104 Å². The number of esters is 1. The second-order valence-corrected chi connectivity index (χ2v) is 4.07. The first-order valence-corrected chi connectivity index (χ1v) is 5.69. The van der Waals surface area contributed by atoms with Crippen LogP contribution in [0.4, 0.5) is 0 Å². The van der Waals surface area contributed by atoms with Crippen molar-refractivity contribution >= 4 is 11.9 Å². The lowest BCUT2D eigenvalue weighted by molar-refractivity contribution is -0.307. The summed E-state index contributed by atoms with van der Waals surface area (Å²) in [6.07, 6.45) is 4.02. The third-order valence-electron chi connectivity index (χ3n) is 2.08. The second kappa shape index (κ2) is 8.03. The van der Waals surface area contributed by atoms with Crippen molar-refractivity contribution < 1.29 is 29.6 Å². The lowest BCUT2D eigenvalue weighted by Gasteiger charge is -2.15. The first-order valence-electron chi connectivity index (χ1n) is 5.69. The highest BCUT2D eigenvalue weighted by Gasteiger charge is 2.20. The molecule has 0 fully saturated rings. The number of hydrogen-bond donors (Lipinski definition) is 3. The summed E-state index contributed by atoms with van der Waals surface area (Å²) in [6.45, 7) is 0.969. The minimum absolute atomic E-state index is 0.135. The highest BCUT2D eigenvalue weighted by atomic mass is 16.8. The van der Waals surface area contributed by atoms with Crippen LogP contribution in [0.25, 0.3) is 0 Å². The van der Waals surface area contributed by atoms with Crippen molar-refractivity contribution in [3.63, 3.8) is 0 Å². The van der Waals surface area contributed by atoms with Crippen LogP contribution in [-0.2, 0) is 14.3 Å². The zero-order valence-electron chi connectivity index (χ0n) is 10.0. The van der Waals surface area contributed by atoms with Gasteiger partial charge >= 0.3 is 17.9 Å². The maximum Gasteiger partial charge on any atom is 0.321 e. The van der Waals surface area contributed by atoms with Gasteiger partial charge < -0.3 is 20.1 Å². The number of aliphatic hydroxyl groups is 2. The van der Waals surface area contributed by atoms with E-state index in [0.29, 0.717) is 12.8 Å². The number of ether oxygens (including phenoxy) is 1. The molecular formula is C11H20O6. The van der Waals surface area contributed by atoms with E-state index in [1.165, 1.54) is 0 Å². The van der Waals surface area contributed by atoms with Gasteiger partial charge in [-0.3, -0.25) is 9.59 Å². The van der Waals surface area contributed by atoms with Crippen molar-refractivity contribution in [2.24, 2.45) is 0 Å². The number of unbranched alkanes of at least 4 members (excludes halogenated alkanes) is 4. The molecule has 0 saturated heterocycles. The van der Waals surface area contributed by atoms with Crippen LogP contribution in [0.2, 0.25) is 0 Å². The molecule has 0 rings (SSSR count). The van der Waals surface area contributed by atoms with Crippen molar-refractivity contribution in [1.29, 1.82) is 0 Å². The van der Waals surface area contributed by atoms with Gasteiger partial charge in [0.05, 0.1) is 0 Å². The van der Waals surface area contributed by atoms with Gasteiger partial charge in [0.15, 0.2) is 0 Å². The summed E-state index contributed by atoms with van der Waals surface area (Å²) in [6, 6.07) is 0. The number of carboxylic acid groups (broad SMARTS) is 1. The maximum atomic E-state index is 11.0. The van der Waals surface area contributed by atoms with Crippen molar-refractivity contribution in [2.45, 2.75) is 57.8 Å². The Labute approximate surface area is 100 Å². The zero-order valence-corrected chi connectivity index (χ0v) is 10.0. The van der Waals surface area contributed by atoms with Gasteiger partial charge in [0, 0.05) is 19.8 Å². The summed E-state index contributed by atoms with van der Waals surface area (Å²) in [5.41, 5.74) is 0.